The van der Waals surface area contributed by atoms with Crippen molar-refractivity contribution in [3.05, 3.63) is 0 Å². The summed E-state index contributed by atoms with van der Waals surface area (Å²) in [5.74, 6) is -0.384. The van der Waals surface area contributed by atoms with E-state index in [1.54, 1.807) is 13.8 Å². The molecule has 0 radical (unpaired) electrons. The summed E-state index contributed by atoms with van der Waals surface area (Å²) in [6.45, 7) is 8.55. The molecule has 0 aliphatic heterocycles. The monoisotopic (exact) mass is 298 g/mol. The molecule has 0 aliphatic rings. The molecule has 1 unspecified atom stereocenters. The van der Waals surface area contributed by atoms with Crippen LogP contribution in [-0.4, -0.2) is 32.3 Å². The smallest absolute Gasteiger partial charge is 0.311 e. The molecule has 0 rings (SSSR count). The van der Waals surface area contributed by atoms with Gasteiger partial charge in [-0.05, 0) is 26.7 Å². The first-order chi connectivity index (χ1) is 8.76. The molecule has 0 aliphatic carbocycles. The Morgan fingerprint density at radius 1 is 1.25 bits per heavy atom. The van der Waals surface area contributed by atoms with Crippen LogP contribution in [0, 0.1) is 11.3 Å². The third-order valence-corrected chi connectivity index (χ3v) is 2.96. The van der Waals surface area contributed by atoms with E-state index in [0.29, 0.717) is 6.42 Å². The molecule has 122 valence electrons. The lowest BCUT2D eigenvalue weighted by molar-refractivity contribution is -0.154. The summed E-state index contributed by atoms with van der Waals surface area (Å²) < 4.78 is 20.7. The molecule has 1 atom stereocenters. The molecule has 20 heavy (non-hydrogen) atoms. The highest BCUT2D eigenvalue weighted by Crippen LogP contribution is 2.21. The normalized spacial score (nSPS) is 11.3. The first kappa shape index (κ1) is 23.9. The van der Waals surface area contributed by atoms with E-state index in [1.165, 1.54) is 7.11 Å². The van der Waals surface area contributed by atoms with E-state index in [0.717, 1.165) is 6.42 Å². The molecule has 0 fully saturated rings. The van der Waals surface area contributed by atoms with Crippen molar-refractivity contribution in [1.82, 2.24) is 0 Å². The van der Waals surface area contributed by atoms with Crippen molar-refractivity contribution < 1.29 is 28.2 Å². The van der Waals surface area contributed by atoms with Gasteiger partial charge in [-0.25, -0.2) is 4.39 Å². The van der Waals surface area contributed by atoms with E-state index in [-0.39, 0.29) is 29.2 Å². The van der Waals surface area contributed by atoms with Gasteiger partial charge in [0.05, 0.1) is 18.4 Å². The summed E-state index contributed by atoms with van der Waals surface area (Å²) in [7, 11) is 1.41. The maximum atomic E-state index is 11.6. The van der Waals surface area contributed by atoms with Gasteiger partial charge in [-0.3, -0.25) is 14.3 Å². The Hall–Kier alpha value is -1.20. The van der Waals surface area contributed by atoms with Crippen LogP contribution in [0.15, 0.2) is 0 Å². The quantitative estimate of drug-likeness (QED) is 0.706. The number of alkyl halides is 1. The number of carbonyl (C=O) groups is 2. The van der Waals surface area contributed by atoms with E-state index >= 15 is 0 Å². The highest BCUT2D eigenvalue weighted by molar-refractivity contribution is 5.75. The second-order valence-corrected chi connectivity index (χ2v) is 4.89. The number of methoxy groups -OCH3 is 1. The first-order valence-corrected chi connectivity index (χ1v) is 6.57. The molecule has 0 bridgehead atoms. The third kappa shape index (κ3) is 10.7. The van der Waals surface area contributed by atoms with Crippen molar-refractivity contribution in [3.8, 4) is 0 Å². The zero-order chi connectivity index (χ0) is 15.5. The van der Waals surface area contributed by atoms with Crippen molar-refractivity contribution in [2.45, 2.75) is 47.5 Å². The van der Waals surface area contributed by atoms with Crippen LogP contribution in [0.3, 0.4) is 0 Å². The summed E-state index contributed by atoms with van der Waals surface area (Å²) in [5, 5.41) is 0. The largest absolute Gasteiger partial charge is 0.469 e. The average molecular weight is 298 g/mol. The van der Waals surface area contributed by atoms with Crippen LogP contribution in [0.25, 0.3) is 0 Å². The number of halogens is 2. The zero-order valence-corrected chi connectivity index (χ0v) is 13.3. The lowest BCUT2D eigenvalue weighted by Crippen LogP contribution is -2.26. The molecular weight excluding hydrogens is 270 g/mol. The maximum Gasteiger partial charge on any atom is 0.311 e. The fraction of sp³-hybridized carbons (Fsp3) is 0.857. The van der Waals surface area contributed by atoms with Crippen molar-refractivity contribution in [2.75, 3.05) is 20.4 Å². The summed E-state index contributed by atoms with van der Waals surface area (Å²) in [5.41, 5.74) is -0.477. The van der Waals surface area contributed by atoms with Gasteiger partial charge in [0.15, 0.2) is 0 Å². The number of ether oxygens (including phenoxy) is 2. The van der Waals surface area contributed by atoms with Gasteiger partial charge in [0.1, 0.15) is 13.3 Å². The zero-order valence-electron chi connectivity index (χ0n) is 13.3. The summed E-state index contributed by atoms with van der Waals surface area (Å²) in [6.07, 6.45) is 1.56. The van der Waals surface area contributed by atoms with Crippen LogP contribution in [0.5, 0.6) is 0 Å². The van der Waals surface area contributed by atoms with E-state index in [4.69, 9.17) is 0 Å². The topological polar surface area (TPSA) is 52.6 Å². The number of esters is 2. The van der Waals surface area contributed by atoms with Gasteiger partial charge in [0.25, 0.3) is 0 Å². The van der Waals surface area contributed by atoms with Crippen molar-refractivity contribution in [1.29, 1.82) is 0 Å². The van der Waals surface area contributed by atoms with Gasteiger partial charge >= 0.3 is 11.9 Å². The first-order valence-electron chi connectivity index (χ1n) is 6.57. The summed E-state index contributed by atoms with van der Waals surface area (Å²) in [4.78, 5) is 21.6. The van der Waals surface area contributed by atoms with Gasteiger partial charge < -0.3 is 9.47 Å². The molecule has 0 amide bonds. The lowest BCUT2D eigenvalue weighted by atomic mass is 9.91. The van der Waals surface area contributed by atoms with Crippen LogP contribution in [0.2, 0.25) is 0 Å². The van der Waals surface area contributed by atoms with Crippen LogP contribution in [0.1, 0.15) is 47.5 Å². The minimum atomic E-state index is -0.606. The highest BCUT2D eigenvalue weighted by Gasteiger charge is 2.26. The van der Waals surface area contributed by atoms with Gasteiger partial charge in [-0.1, -0.05) is 20.8 Å². The lowest BCUT2D eigenvalue weighted by Gasteiger charge is -2.19. The predicted molar refractivity (Wildman–Crippen MR) is 75.0 cm³/mol. The Kier molecular flexibility index (Phi) is 15.3. The van der Waals surface area contributed by atoms with Crippen molar-refractivity contribution >= 4 is 11.9 Å². The minimum absolute atomic E-state index is 0. The second-order valence-electron chi connectivity index (χ2n) is 4.89. The number of rotatable bonds is 6. The van der Waals surface area contributed by atoms with Crippen LogP contribution in [-0.2, 0) is 19.1 Å². The Labute approximate surface area is 120 Å². The summed E-state index contributed by atoms with van der Waals surface area (Å²) in [6, 6.07) is 0. The van der Waals surface area contributed by atoms with E-state index < -0.39 is 12.1 Å². The molecule has 0 saturated carbocycles. The number of carbonyl (C=O) groups excluding carboxylic acids is 2. The highest BCUT2D eigenvalue weighted by atomic mass is 19.1. The molecule has 4 nitrogen and oxygen atoms in total. The molecule has 0 aromatic rings. The van der Waals surface area contributed by atoms with E-state index in [9.17, 15) is 14.0 Å². The van der Waals surface area contributed by atoms with Crippen molar-refractivity contribution in [2.24, 2.45) is 11.3 Å². The Balaban J connectivity index is -0.000000288. The third-order valence-electron chi connectivity index (χ3n) is 2.96. The molecule has 0 spiro atoms. The van der Waals surface area contributed by atoms with E-state index in [1.807, 2.05) is 20.8 Å². The van der Waals surface area contributed by atoms with Gasteiger partial charge in [-0.2, -0.15) is 0 Å². The van der Waals surface area contributed by atoms with E-state index in [2.05, 4.69) is 9.47 Å². The molecule has 0 N–H and O–H groups in total. The van der Waals surface area contributed by atoms with Gasteiger partial charge in [-0.15, -0.1) is 0 Å². The van der Waals surface area contributed by atoms with Crippen LogP contribution >= 0.6 is 0 Å². The summed E-state index contributed by atoms with van der Waals surface area (Å²) >= 11 is 0. The molecule has 0 aromatic heterocycles. The Morgan fingerprint density at radius 3 is 2.00 bits per heavy atom. The molecule has 0 saturated heterocycles. The molecule has 6 heteroatoms. The number of hydrogen-bond acceptors (Lipinski definition) is 4. The van der Waals surface area contributed by atoms with Crippen molar-refractivity contribution in [3.63, 3.8) is 0 Å². The average Bonchev–Trinajstić information content (AvgIpc) is 2.43. The Morgan fingerprint density at radius 2 is 1.75 bits per heavy atom. The maximum absolute atomic E-state index is 11.6. The standard InChI is InChI=1S/C8H15FO2.C6H12O2.FH/c1-4-8(2,3)7(10)11-6-5-9;1-4-5(2)6(7)8-3;/h4-6H2,1-3H3;5H,4H2,1-3H3;1H. The fourth-order valence-corrected chi connectivity index (χ4v) is 0.839. The molecular formula is C14H28F2O4. The number of hydrogen-bond donors (Lipinski definition) is 0. The Bertz CT molecular complexity index is 268. The predicted octanol–water partition coefficient (Wildman–Crippen LogP) is 3.29. The fourth-order valence-electron chi connectivity index (χ4n) is 0.839. The van der Waals surface area contributed by atoms with Gasteiger partial charge in [0.2, 0.25) is 0 Å². The van der Waals surface area contributed by atoms with Gasteiger partial charge in [0, 0.05) is 0 Å². The van der Waals surface area contributed by atoms with Crippen LogP contribution < -0.4 is 0 Å². The minimum Gasteiger partial charge on any atom is -0.469 e. The van der Waals surface area contributed by atoms with Crippen LogP contribution in [0.4, 0.5) is 9.09 Å². The second kappa shape index (κ2) is 12.8. The molecule has 0 heterocycles. The molecule has 0 aromatic carbocycles. The SMILES string of the molecule is CCC(C)(C)C(=O)OCCF.CCC(C)C(=O)OC.F.